The first-order chi connectivity index (χ1) is 6.57. The Labute approximate surface area is 88.2 Å². The van der Waals surface area contributed by atoms with Gasteiger partial charge in [0.15, 0.2) is 5.78 Å². The molecule has 74 valence electrons. The maximum atomic E-state index is 11.2. The van der Waals surface area contributed by atoms with Crippen molar-refractivity contribution in [3.05, 3.63) is 38.3 Å². The van der Waals surface area contributed by atoms with E-state index >= 15 is 0 Å². The molecule has 0 saturated heterocycles. The SMILES string of the molecule is NCC(=O)c1cccc([N+](=O)[O-])c1Br. The molecule has 5 nitrogen and oxygen atoms in total. The number of nitro benzene ring substituents is 1. The van der Waals surface area contributed by atoms with Crippen LogP contribution >= 0.6 is 15.9 Å². The molecule has 0 fully saturated rings. The summed E-state index contributed by atoms with van der Waals surface area (Å²) in [6.45, 7) is -0.167. The highest BCUT2D eigenvalue weighted by Crippen LogP contribution is 2.28. The van der Waals surface area contributed by atoms with Crippen molar-refractivity contribution in [2.75, 3.05) is 6.54 Å². The van der Waals surface area contributed by atoms with E-state index in [2.05, 4.69) is 15.9 Å². The number of nitro groups is 1. The fourth-order valence-electron chi connectivity index (χ4n) is 0.986. The van der Waals surface area contributed by atoms with Gasteiger partial charge in [0.1, 0.15) is 4.47 Å². The molecule has 1 aromatic rings. The molecule has 1 rings (SSSR count). The van der Waals surface area contributed by atoms with E-state index in [1.165, 1.54) is 18.2 Å². The Bertz CT molecular complexity index is 392. The van der Waals surface area contributed by atoms with Crippen LogP contribution in [0.15, 0.2) is 22.7 Å². The van der Waals surface area contributed by atoms with Crippen molar-refractivity contribution < 1.29 is 9.72 Å². The van der Waals surface area contributed by atoms with Crippen LogP contribution in [-0.2, 0) is 0 Å². The Balaban J connectivity index is 3.27. The van der Waals surface area contributed by atoms with Crippen molar-refractivity contribution in [2.45, 2.75) is 0 Å². The zero-order valence-corrected chi connectivity index (χ0v) is 8.65. The van der Waals surface area contributed by atoms with Gasteiger partial charge in [0.25, 0.3) is 5.69 Å². The van der Waals surface area contributed by atoms with Gasteiger partial charge in [0.05, 0.1) is 11.5 Å². The van der Waals surface area contributed by atoms with E-state index in [4.69, 9.17) is 5.73 Å². The maximum absolute atomic E-state index is 11.2. The minimum absolute atomic E-state index is 0.135. The van der Waals surface area contributed by atoms with Crippen LogP contribution in [0.2, 0.25) is 0 Å². The van der Waals surface area contributed by atoms with E-state index < -0.39 is 4.92 Å². The number of nitrogens with two attached hydrogens (primary N) is 1. The second-order valence-electron chi connectivity index (χ2n) is 2.52. The minimum atomic E-state index is -0.558. The van der Waals surface area contributed by atoms with Crippen molar-refractivity contribution in [2.24, 2.45) is 5.73 Å². The molecule has 0 radical (unpaired) electrons. The van der Waals surface area contributed by atoms with E-state index in [1.807, 2.05) is 0 Å². The van der Waals surface area contributed by atoms with Gasteiger partial charge in [-0.15, -0.1) is 0 Å². The van der Waals surface area contributed by atoms with E-state index in [9.17, 15) is 14.9 Å². The number of hydrogen-bond donors (Lipinski definition) is 1. The van der Waals surface area contributed by atoms with Gasteiger partial charge in [-0.05, 0) is 22.0 Å². The van der Waals surface area contributed by atoms with Crippen LogP contribution in [0.4, 0.5) is 5.69 Å². The van der Waals surface area contributed by atoms with Crippen LogP contribution in [0.25, 0.3) is 0 Å². The quantitative estimate of drug-likeness (QED) is 0.506. The van der Waals surface area contributed by atoms with Gasteiger partial charge < -0.3 is 5.73 Å². The molecule has 0 unspecified atom stereocenters. The van der Waals surface area contributed by atoms with Crippen LogP contribution in [0.1, 0.15) is 10.4 Å². The number of carbonyl (C=O) groups excluding carboxylic acids is 1. The molecule has 0 aromatic heterocycles. The van der Waals surface area contributed by atoms with Crippen molar-refractivity contribution in [1.82, 2.24) is 0 Å². The summed E-state index contributed by atoms with van der Waals surface area (Å²) in [6.07, 6.45) is 0. The van der Waals surface area contributed by atoms with Crippen molar-refractivity contribution >= 4 is 27.4 Å². The molecule has 0 saturated carbocycles. The molecule has 0 aliphatic carbocycles. The lowest BCUT2D eigenvalue weighted by Crippen LogP contribution is -2.14. The summed E-state index contributed by atoms with van der Waals surface area (Å²) in [4.78, 5) is 21.2. The van der Waals surface area contributed by atoms with Gasteiger partial charge in [-0.1, -0.05) is 6.07 Å². The molecule has 0 spiro atoms. The molecular formula is C8H7BrN2O3. The lowest BCUT2D eigenvalue weighted by Gasteiger charge is -2.01. The van der Waals surface area contributed by atoms with Crippen LogP contribution in [0.3, 0.4) is 0 Å². The average Bonchev–Trinajstić information content (AvgIpc) is 2.16. The standard InChI is InChI=1S/C8H7BrN2O3/c9-8-5(7(12)4-10)2-1-3-6(8)11(13)14/h1-3H,4,10H2. The number of benzene rings is 1. The molecule has 0 amide bonds. The number of Topliss-reactive ketones (excluding diaryl/α,β-unsaturated/α-hetero) is 1. The van der Waals surface area contributed by atoms with Crippen LogP contribution < -0.4 is 5.73 Å². The summed E-state index contributed by atoms with van der Waals surface area (Å²) in [5.41, 5.74) is 5.26. The lowest BCUT2D eigenvalue weighted by atomic mass is 10.1. The number of rotatable bonds is 3. The second-order valence-corrected chi connectivity index (χ2v) is 3.32. The Hall–Kier alpha value is -1.27. The normalized spacial score (nSPS) is 9.86. The first-order valence-electron chi connectivity index (χ1n) is 3.74. The van der Waals surface area contributed by atoms with Crippen molar-refractivity contribution in [3.8, 4) is 0 Å². The first kappa shape index (κ1) is 10.8. The Morgan fingerprint density at radius 3 is 2.71 bits per heavy atom. The smallest absolute Gasteiger partial charge is 0.284 e. The van der Waals surface area contributed by atoms with Crippen LogP contribution in [0.5, 0.6) is 0 Å². The largest absolute Gasteiger partial charge is 0.324 e. The molecule has 14 heavy (non-hydrogen) atoms. The van der Waals surface area contributed by atoms with Gasteiger partial charge in [0, 0.05) is 11.6 Å². The number of nitrogens with zero attached hydrogens (tertiary/aromatic N) is 1. The topological polar surface area (TPSA) is 86.2 Å². The number of carbonyl (C=O) groups is 1. The molecule has 0 aliphatic heterocycles. The Morgan fingerprint density at radius 2 is 2.21 bits per heavy atom. The van der Waals surface area contributed by atoms with Crippen molar-refractivity contribution in [1.29, 1.82) is 0 Å². The van der Waals surface area contributed by atoms with Crippen LogP contribution in [-0.4, -0.2) is 17.3 Å². The summed E-state index contributed by atoms with van der Waals surface area (Å²) in [6, 6.07) is 4.26. The van der Waals surface area contributed by atoms with Gasteiger partial charge in [-0.25, -0.2) is 0 Å². The molecule has 0 heterocycles. The third-order valence-corrected chi connectivity index (χ3v) is 2.49. The van der Waals surface area contributed by atoms with Gasteiger partial charge in [-0.3, -0.25) is 14.9 Å². The monoisotopic (exact) mass is 258 g/mol. The predicted octanol–water partition coefficient (Wildman–Crippen LogP) is 1.50. The molecular weight excluding hydrogens is 252 g/mol. The predicted molar refractivity (Wildman–Crippen MR) is 54.2 cm³/mol. The molecule has 0 atom stereocenters. The van der Waals surface area contributed by atoms with Gasteiger partial charge >= 0.3 is 0 Å². The Morgan fingerprint density at radius 1 is 1.57 bits per heavy atom. The summed E-state index contributed by atoms with van der Waals surface area (Å²) >= 11 is 3.01. The second kappa shape index (κ2) is 4.30. The van der Waals surface area contributed by atoms with E-state index in [0.29, 0.717) is 0 Å². The van der Waals surface area contributed by atoms with E-state index in [0.717, 1.165) is 0 Å². The van der Waals surface area contributed by atoms with E-state index in [-0.39, 0.29) is 28.1 Å². The van der Waals surface area contributed by atoms with E-state index in [1.54, 1.807) is 0 Å². The zero-order valence-electron chi connectivity index (χ0n) is 7.07. The summed E-state index contributed by atoms with van der Waals surface area (Å²) in [5.74, 6) is -0.333. The maximum Gasteiger partial charge on any atom is 0.284 e. The average molecular weight is 259 g/mol. The molecule has 0 aliphatic rings. The lowest BCUT2D eigenvalue weighted by molar-refractivity contribution is -0.385. The molecule has 2 N–H and O–H groups in total. The fourth-order valence-corrected chi connectivity index (χ4v) is 1.62. The van der Waals surface area contributed by atoms with Crippen molar-refractivity contribution in [3.63, 3.8) is 0 Å². The minimum Gasteiger partial charge on any atom is -0.324 e. The first-order valence-corrected chi connectivity index (χ1v) is 4.53. The van der Waals surface area contributed by atoms with Crippen LogP contribution in [0, 0.1) is 10.1 Å². The number of ketones is 1. The third-order valence-electron chi connectivity index (χ3n) is 1.66. The highest BCUT2D eigenvalue weighted by atomic mass is 79.9. The number of hydrogen-bond acceptors (Lipinski definition) is 4. The zero-order chi connectivity index (χ0) is 10.7. The highest BCUT2D eigenvalue weighted by Gasteiger charge is 2.17. The van der Waals surface area contributed by atoms with Gasteiger partial charge in [-0.2, -0.15) is 0 Å². The summed E-state index contributed by atoms with van der Waals surface area (Å²) in [7, 11) is 0. The third kappa shape index (κ3) is 1.97. The molecule has 6 heteroatoms. The molecule has 1 aromatic carbocycles. The number of halogens is 1. The summed E-state index contributed by atoms with van der Waals surface area (Å²) in [5, 5.41) is 10.5. The molecule has 0 bridgehead atoms. The van der Waals surface area contributed by atoms with Gasteiger partial charge in [0.2, 0.25) is 0 Å². The highest BCUT2D eigenvalue weighted by molar-refractivity contribution is 9.10. The summed E-state index contributed by atoms with van der Waals surface area (Å²) < 4.78 is 0.181. The fraction of sp³-hybridized carbons (Fsp3) is 0.125. The Kier molecular flexibility index (Phi) is 3.32.